The molecular weight excluding hydrogens is 580 g/mol. The minimum Gasteiger partial charge on any atom is -0.263 e. The summed E-state index contributed by atoms with van der Waals surface area (Å²) in [5, 5.41) is 0.308. The van der Waals surface area contributed by atoms with Crippen LogP contribution < -0.4 is 8.61 Å². The first-order chi connectivity index (χ1) is 15.3. The number of para-hydroxylation sites is 2. The number of sulfonamides is 2. The number of rotatable bonds is 5. The fraction of sp³-hybridized carbons (Fsp3) is 0.182. The normalized spacial score (nSPS) is 19.3. The van der Waals surface area contributed by atoms with Crippen molar-refractivity contribution in [3.05, 3.63) is 84.9 Å². The molecule has 6 nitrogen and oxygen atoms in total. The van der Waals surface area contributed by atoms with Gasteiger partial charge in [-0.25, -0.2) is 16.8 Å². The lowest BCUT2D eigenvalue weighted by Crippen LogP contribution is -2.47. The predicted octanol–water partition coefficient (Wildman–Crippen LogP) is 4.62. The molecule has 0 saturated heterocycles. The van der Waals surface area contributed by atoms with Gasteiger partial charge in [0.05, 0.1) is 32.0 Å². The fourth-order valence-corrected chi connectivity index (χ4v) is 9.43. The molecule has 0 spiro atoms. The zero-order valence-electron chi connectivity index (χ0n) is 16.8. The van der Waals surface area contributed by atoms with E-state index in [2.05, 4.69) is 31.9 Å². The molecule has 4 rings (SSSR count). The second kappa shape index (κ2) is 9.17. The van der Waals surface area contributed by atoms with Gasteiger partial charge in [-0.1, -0.05) is 80.4 Å². The molecule has 3 aromatic carbocycles. The fourth-order valence-electron chi connectivity index (χ4n) is 3.69. The lowest BCUT2D eigenvalue weighted by atomic mass is 10.2. The van der Waals surface area contributed by atoms with Crippen LogP contribution in [-0.4, -0.2) is 39.6 Å². The number of anilines is 2. The maximum absolute atomic E-state index is 13.8. The monoisotopic (exact) mass is 598 g/mol. The molecule has 10 heteroatoms. The summed E-state index contributed by atoms with van der Waals surface area (Å²) in [6.07, 6.45) is 0. The number of alkyl halides is 2. The second-order valence-corrected chi connectivity index (χ2v) is 12.7. The van der Waals surface area contributed by atoms with E-state index < -0.39 is 30.9 Å². The van der Waals surface area contributed by atoms with Gasteiger partial charge >= 0.3 is 0 Å². The van der Waals surface area contributed by atoms with Gasteiger partial charge in [-0.05, 0) is 36.4 Å². The Morgan fingerprint density at radius 3 is 1.72 bits per heavy atom. The quantitative estimate of drug-likeness (QED) is 0.401. The number of benzene rings is 3. The van der Waals surface area contributed by atoms with Gasteiger partial charge in [0, 0.05) is 11.9 Å². The minimum atomic E-state index is -3.97. The number of hydrogen-bond donors (Lipinski definition) is 0. The van der Waals surface area contributed by atoms with Crippen molar-refractivity contribution in [2.45, 2.75) is 20.7 Å². The highest BCUT2D eigenvalue weighted by molar-refractivity contribution is 9.10. The van der Waals surface area contributed by atoms with E-state index >= 15 is 0 Å². The van der Waals surface area contributed by atoms with Gasteiger partial charge in [-0.15, -0.1) is 0 Å². The van der Waals surface area contributed by atoms with E-state index in [4.69, 9.17) is 0 Å². The summed E-state index contributed by atoms with van der Waals surface area (Å²) in [6.45, 7) is 0.0608. The van der Waals surface area contributed by atoms with E-state index in [-0.39, 0.29) is 16.3 Å². The van der Waals surface area contributed by atoms with Gasteiger partial charge < -0.3 is 0 Å². The Morgan fingerprint density at radius 1 is 0.719 bits per heavy atom. The van der Waals surface area contributed by atoms with Crippen molar-refractivity contribution in [3.8, 4) is 0 Å². The Balaban J connectivity index is 1.95. The molecule has 1 heterocycles. The molecular formula is C22H20Br2N2O4S2. The zero-order valence-corrected chi connectivity index (χ0v) is 21.6. The van der Waals surface area contributed by atoms with Crippen LogP contribution in [-0.2, 0) is 20.0 Å². The summed E-state index contributed by atoms with van der Waals surface area (Å²) >= 11 is 7.05. The van der Waals surface area contributed by atoms with Crippen molar-refractivity contribution in [1.82, 2.24) is 0 Å². The molecule has 1 aliphatic rings. The molecule has 32 heavy (non-hydrogen) atoms. The molecule has 0 saturated carbocycles. The van der Waals surface area contributed by atoms with E-state index in [1.807, 2.05) is 0 Å². The van der Waals surface area contributed by atoms with Gasteiger partial charge in [0.1, 0.15) is 0 Å². The molecule has 0 aliphatic carbocycles. The Labute approximate surface area is 205 Å². The van der Waals surface area contributed by atoms with Crippen molar-refractivity contribution < 1.29 is 16.8 Å². The van der Waals surface area contributed by atoms with Gasteiger partial charge in [0.25, 0.3) is 20.0 Å². The largest absolute Gasteiger partial charge is 0.264 e. The lowest BCUT2D eigenvalue weighted by molar-refractivity contribution is 0.579. The third-order valence-electron chi connectivity index (χ3n) is 5.24. The van der Waals surface area contributed by atoms with Crippen LogP contribution in [0.2, 0.25) is 0 Å². The van der Waals surface area contributed by atoms with E-state index in [1.165, 1.54) is 32.9 Å². The summed E-state index contributed by atoms with van der Waals surface area (Å²) < 4.78 is 57.3. The number of fused-ring (bicyclic) bond motifs is 1. The van der Waals surface area contributed by atoms with E-state index in [0.29, 0.717) is 16.7 Å². The highest BCUT2D eigenvalue weighted by Gasteiger charge is 2.43. The molecule has 0 unspecified atom stereocenters. The third-order valence-corrected chi connectivity index (χ3v) is 10.4. The lowest BCUT2D eigenvalue weighted by Gasteiger charge is -2.32. The highest BCUT2D eigenvalue weighted by Crippen LogP contribution is 2.42. The number of hydrogen-bond acceptors (Lipinski definition) is 4. The Morgan fingerprint density at radius 2 is 1.19 bits per heavy atom. The Kier molecular flexibility index (Phi) is 6.67. The van der Waals surface area contributed by atoms with Crippen LogP contribution in [0.1, 0.15) is 0 Å². The van der Waals surface area contributed by atoms with Crippen molar-refractivity contribution >= 4 is 63.3 Å². The second-order valence-electron chi connectivity index (χ2n) is 7.19. The van der Waals surface area contributed by atoms with Crippen LogP contribution in [0.5, 0.6) is 0 Å². The topological polar surface area (TPSA) is 74.8 Å². The maximum atomic E-state index is 13.8. The zero-order chi connectivity index (χ0) is 22.9. The van der Waals surface area contributed by atoms with Crippen LogP contribution in [0.4, 0.5) is 11.4 Å². The van der Waals surface area contributed by atoms with Gasteiger partial charge in [0.2, 0.25) is 0 Å². The minimum absolute atomic E-state index is 0.0608. The van der Waals surface area contributed by atoms with E-state index in [0.717, 1.165) is 0 Å². The van der Waals surface area contributed by atoms with Crippen molar-refractivity contribution in [3.63, 3.8) is 0 Å². The predicted molar refractivity (Wildman–Crippen MR) is 134 cm³/mol. The average molecular weight is 600 g/mol. The van der Waals surface area contributed by atoms with Crippen LogP contribution in [0.3, 0.4) is 0 Å². The molecule has 168 valence electrons. The average Bonchev–Trinajstić information content (AvgIpc) is 2.95. The van der Waals surface area contributed by atoms with Gasteiger partial charge in [0.15, 0.2) is 0 Å². The van der Waals surface area contributed by atoms with Crippen molar-refractivity contribution in [2.75, 3.05) is 20.5 Å². The van der Waals surface area contributed by atoms with Crippen molar-refractivity contribution in [2.24, 2.45) is 0 Å². The first-order valence-corrected chi connectivity index (χ1v) is 14.7. The van der Waals surface area contributed by atoms with Crippen LogP contribution in [0.25, 0.3) is 0 Å². The summed E-state index contributed by atoms with van der Waals surface area (Å²) in [7, 11) is -7.91. The summed E-state index contributed by atoms with van der Waals surface area (Å²) in [5.74, 6) is 0. The standard InChI is InChI=1S/C22H20Br2N2O4S2/c23-15-22-19(24)16-25(31(27,28)17-9-3-1-4-10-17)20-13-7-8-14-21(20)26(22)32(29,30)18-11-5-2-6-12-18/h1-14,19,22H,15-16H2/t19-,22-/m1/s1. The van der Waals surface area contributed by atoms with Crippen LogP contribution >= 0.6 is 31.9 Å². The molecule has 0 fully saturated rings. The van der Waals surface area contributed by atoms with Crippen molar-refractivity contribution in [1.29, 1.82) is 0 Å². The molecule has 0 N–H and O–H groups in total. The molecule has 3 aromatic rings. The van der Waals surface area contributed by atoms with Crippen LogP contribution in [0, 0.1) is 0 Å². The van der Waals surface area contributed by atoms with Gasteiger partial charge in [-0.3, -0.25) is 8.61 Å². The van der Waals surface area contributed by atoms with E-state index in [9.17, 15) is 16.8 Å². The van der Waals surface area contributed by atoms with Crippen LogP contribution in [0.15, 0.2) is 94.7 Å². The number of halogens is 2. The van der Waals surface area contributed by atoms with Gasteiger partial charge in [-0.2, -0.15) is 0 Å². The maximum Gasteiger partial charge on any atom is 0.264 e. The molecule has 1 aliphatic heterocycles. The Bertz CT molecular complexity index is 1300. The first-order valence-electron chi connectivity index (χ1n) is 9.75. The summed E-state index contributed by atoms with van der Waals surface area (Å²) in [4.78, 5) is -0.199. The molecule has 0 radical (unpaired) electrons. The summed E-state index contributed by atoms with van der Waals surface area (Å²) in [6, 6.07) is 22.4. The molecule has 0 bridgehead atoms. The Hall–Kier alpha value is -1.88. The summed E-state index contributed by atoms with van der Waals surface area (Å²) in [5.41, 5.74) is 0.617. The van der Waals surface area contributed by atoms with E-state index in [1.54, 1.807) is 60.7 Å². The smallest absolute Gasteiger partial charge is 0.263 e. The molecule has 0 aromatic heterocycles. The highest BCUT2D eigenvalue weighted by atomic mass is 79.9. The first kappa shape index (κ1) is 23.3. The molecule has 0 amide bonds. The number of nitrogens with zero attached hydrogens (tertiary/aromatic N) is 2. The SMILES string of the molecule is O=S(=O)(c1ccccc1)N1C[C@@H](Br)[C@@H](CBr)N(S(=O)(=O)c2ccccc2)c2ccccc21. The molecule has 2 atom stereocenters. The third kappa shape index (κ3) is 4.09.